The average molecular weight is 359 g/mol. The monoisotopic (exact) mass is 358 g/mol. The van der Waals surface area contributed by atoms with Gasteiger partial charge in [-0.05, 0) is 55.0 Å². The van der Waals surface area contributed by atoms with E-state index in [-0.39, 0.29) is 5.91 Å². The molecule has 4 nitrogen and oxygen atoms in total. The van der Waals surface area contributed by atoms with Crippen molar-refractivity contribution in [3.63, 3.8) is 0 Å². The Morgan fingerprint density at radius 1 is 1.24 bits per heavy atom. The quantitative estimate of drug-likeness (QED) is 0.784. The van der Waals surface area contributed by atoms with Crippen molar-refractivity contribution in [2.75, 3.05) is 19.7 Å². The second-order valence-corrected chi connectivity index (χ2v) is 6.89. The maximum Gasteiger partial charge on any atom is 0.226 e. The van der Waals surface area contributed by atoms with Crippen molar-refractivity contribution in [1.29, 1.82) is 0 Å². The second-order valence-electron chi connectivity index (χ2n) is 6.46. The number of nitrogens with zero attached hydrogens (tertiary/aromatic N) is 2. The van der Waals surface area contributed by atoms with Gasteiger partial charge in [0.15, 0.2) is 0 Å². The van der Waals surface area contributed by atoms with Gasteiger partial charge in [-0.25, -0.2) is 0 Å². The number of carbonyl (C=O) groups is 1. The molecule has 0 unspecified atom stereocenters. The largest absolute Gasteiger partial charge is 0.492 e. The van der Waals surface area contributed by atoms with E-state index in [2.05, 4.69) is 4.98 Å². The van der Waals surface area contributed by atoms with Crippen molar-refractivity contribution in [3.8, 4) is 5.75 Å². The molecule has 1 saturated heterocycles. The highest BCUT2D eigenvalue weighted by Gasteiger charge is 2.22. The van der Waals surface area contributed by atoms with Gasteiger partial charge in [-0.1, -0.05) is 23.7 Å². The minimum absolute atomic E-state index is 0.187. The van der Waals surface area contributed by atoms with Crippen LogP contribution in [0.25, 0.3) is 0 Å². The molecular formula is C20H23ClN2O2. The predicted molar refractivity (Wildman–Crippen MR) is 98.8 cm³/mol. The first-order valence-corrected chi connectivity index (χ1v) is 9.13. The van der Waals surface area contributed by atoms with E-state index in [0.29, 0.717) is 24.0 Å². The van der Waals surface area contributed by atoms with Crippen LogP contribution in [0.1, 0.15) is 24.8 Å². The SMILES string of the molecule is O=C(Cc1cccc(Cl)c1)N1CCC(CCOc2cccnc2)CC1. The van der Waals surface area contributed by atoms with Crippen LogP contribution in [0, 0.1) is 5.92 Å². The topological polar surface area (TPSA) is 42.4 Å². The number of ether oxygens (including phenoxy) is 1. The van der Waals surface area contributed by atoms with Crippen molar-refractivity contribution >= 4 is 17.5 Å². The number of likely N-dealkylation sites (tertiary alicyclic amines) is 1. The number of hydrogen-bond donors (Lipinski definition) is 0. The summed E-state index contributed by atoms with van der Waals surface area (Å²) in [5.74, 6) is 1.62. The predicted octanol–water partition coefficient (Wildman–Crippen LogP) is 3.99. The lowest BCUT2D eigenvalue weighted by Gasteiger charge is -2.32. The van der Waals surface area contributed by atoms with Crippen molar-refractivity contribution in [2.24, 2.45) is 5.92 Å². The molecule has 0 N–H and O–H groups in total. The van der Waals surface area contributed by atoms with E-state index >= 15 is 0 Å². The molecule has 0 bridgehead atoms. The summed E-state index contributed by atoms with van der Waals surface area (Å²) in [6, 6.07) is 11.3. The number of rotatable bonds is 6. The Morgan fingerprint density at radius 3 is 2.80 bits per heavy atom. The lowest BCUT2D eigenvalue weighted by Crippen LogP contribution is -2.39. The zero-order valence-electron chi connectivity index (χ0n) is 14.2. The van der Waals surface area contributed by atoms with Gasteiger partial charge in [-0.2, -0.15) is 0 Å². The summed E-state index contributed by atoms with van der Waals surface area (Å²) < 4.78 is 5.72. The molecule has 1 aliphatic rings. The Bertz CT molecular complexity index is 685. The number of carbonyl (C=O) groups excluding carboxylic acids is 1. The van der Waals surface area contributed by atoms with Crippen molar-refractivity contribution in [2.45, 2.75) is 25.7 Å². The minimum atomic E-state index is 0.187. The van der Waals surface area contributed by atoms with E-state index < -0.39 is 0 Å². The third kappa shape index (κ3) is 5.46. The number of aromatic nitrogens is 1. The molecule has 25 heavy (non-hydrogen) atoms. The van der Waals surface area contributed by atoms with Crippen LogP contribution in [0.15, 0.2) is 48.8 Å². The molecule has 132 valence electrons. The fraction of sp³-hybridized carbons (Fsp3) is 0.400. The van der Waals surface area contributed by atoms with Gasteiger partial charge in [0, 0.05) is 24.3 Å². The molecule has 0 aliphatic carbocycles. The fourth-order valence-corrected chi connectivity index (χ4v) is 3.39. The standard InChI is InChI=1S/C20H23ClN2O2/c21-18-4-1-3-17(13-18)14-20(24)23-10-6-16(7-11-23)8-12-25-19-5-2-9-22-15-19/h1-5,9,13,15-16H,6-8,10-12,14H2. The highest BCUT2D eigenvalue weighted by Crippen LogP contribution is 2.22. The number of halogens is 1. The fourth-order valence-electron chi connectivity index (χ4n) is 3.18. The number of hydrogen-bond acceptors (Lipinski definition) is 3. The molecule has 2 heterocycles. The molecule has 1 amide bonds. The molecule has 1 aromatic heterocycles. The molecule has 1 fully saturated rings. The van der Waals surface area contributed by atoms with Gasteiger partial charge in [0.05, 0.1) is 19.2 Å². The van der Waals surface area contributed by atoms with Crippen LogP contribution in [-0.4, -0.2) is 35.5 Å². The van der Waals surface area contributed by atoms with Gasteiger partial charge in [-0.15, -0.1) is 0 Å². The smallest absolute Gasteiger partial charge is 0.226 e. The number of piperidine rings is 1. The maximum atomic E-state index is 12.4. The van der Waals surface area contributed by atoms with Gasteiger partial charge in [0.25, 0.3) is 0 Å². The molecule has 0 saturated carbocycles. The first-order valence-electron chi connectivity index (χ1n) is 8.76. The summed E-state index contributed by atoms with van der Waals surface area (Å²) in [7, 11) is 0. The lowest BCUT2D eigenvalue weighted by atomic mass is 9.93. The number of benzene rings is 1. The van der Waals surface area contributed by atoms with Gasteiger partial charge in [0.1, 0.15) is 5.75 Å². The van der Waals surface area contributed by atoms with Crippen LogP contribution in [0.5, 0.6) is 5.75 Å². The van der Waals surface area contributed by atoms with E-state index in [9.17, 15) is 4.79 Å². The summed E-state index contributed by atoms with van der Waals surface area (Å²) in [6.07, 6.45) is 7.00. The summed E-state index contributed by atoms with van der Waals surface area (Å²) >= 11 is 5.99. The molecule has 0 radical (unpaired) electrons. The van der Waals surface area contributed by atoms with E-state index in [1.165, 1.54) is 0 Å². The summed E-state index contributed by atoms with van der Waals surface area (Å²) in [6.45, 7) is 2.36. The summed E-state index contributed by atoms with van der Waals surface area (Å²) in [5, 5.41) is 0.678. The lowest BCUT2D eigenvalue weighted by molar-refractivity contribution is -0.131. The maximum absolute atomic E-state index is 12.4. The van der Waals surface area contributed by atoms with E-state index in [1.807, 2.05) is 41.3 Å². The van der Waals surface area contributed by atoms with Crippen LogP contribution >= 0.6 is 11.6 Å². The van der Waals surface area contributed by atoms with Crippen LogP contribution < -0.4 is 4.74 Å². The number of amides is 1. The molecular weight excluding hydrogens is 336 g/mol. The molecule has 0 spiro atoms. The highest BCUT2D eigenvalue weighted by atomic mass is 35.5. The van der Waals surface area contributed by atoms with Crippen LogP contribution in [0.3, 0.4) is 0 Å². The van der Waals surface area contributed by atoms with Crippen molar-refractivity contribution in [3.05, 3.63) is 59.4 Å². The third-order valence-corrected chi connectivity index (χ3v) is 4.88. The first kappa shape index (κ1) is 17.7. The van der Waals surface area contributed by atoms with Gasteiger partial charge >= 0.3 is 0 Å². The minimum Gasteiger partial charge on any atom is -0.492 e. The van der Waals surface area contributed by atoms with Gasteiger partial charge < -0.3 is 9.64 Å². The normalized spacial score (nSPS) is 15.2. The molecule has 3 rings (SSSR count). The summed E-state index contributed by atoms with van der Waals surface area (Å²) in [4.78, 5) is 18.4. The zero-order chi connectivity index (χ0) is 17.5. The Balaban J connectivity index is 1.38. The van der Waals surface area contributed by atoms with E-state index in [4.69, 9.17) is 16.3 Å². The summed E-state index contributed by atoms with van der Waals surface area (Å²) in [5.41, 5.74) is 0.976. The molecule has 5 heteroatoms. The number of pyridine rings is 1. The van der Waals surface area contributed by atoms with E-state index in [1.54, 1.807) is 12.4 Å². The Labute approximate surface area is 153 Å². The van der Waals surface area contributed by atoms with E-state index in [0.717, 1.165) is 43.7 Å². The third-order valence-electron chi connectivity index (χ3n) is 4.64. The van der Waals surface area contributed by atoms with Crippen LogP contribution in [0.2, 0.25) is 5.02 Å². The zero-order valence-corrected chi connectivity index (χ0v) is 15.0. The first-order chi connectivity index (χ1) is 12.2. The Morgan fingerprint density at radius 2 is 2.08 bits per heavy atom. The van der Waals surface area contributed by atoms with Gasteiger partial charge in [0.2, 0.25) is 5.91 Å². The molecule has 1 aromatic carbocycles. The average Bonchev–Trinajstić information content (AvgIpc) is 2.63. The highest BCUT2D eigenvalue weighted by molar-refractivity contribution is 6.30. The van der Waals surface area contributed by atoms with Gasteiger partial charge in [-0.3, -0.25) is 9.78 Å². The molecule has 1 aliphatic heterocycles. The van der Waals surface area contributed by atoms with Crippen molar-refractivity contribution in [1.82, 2.24) is 9.88 Å². The Hall–Kier alpha value is -2.07. The molecule has 0 atom stereocenters. The van der Waals surface area contributed by atoms with Crippen LogP contribution in [-0.2, 0) is 11.2 Å². The second kappa shape index (κ2) is 8.86. The molecule has 2 aromatic rings. The van der Waals surface area contributed by atoms with Crippen LogP contribution in [0.4, 0.5) is 0 Å². The van der Waals surface area contributed by atoms with Crippen molar-refractivity contribution < 1.29 is 9.53 Å². The Kier molecular flexibility index (Phi) is 6.29.